The Morgan fingerprint density at radius 2 is 1.73 bits per heavy atom. The number of esters is 1. The first-order valence-corrected chi connectivity index (χ1v) is 8.32. The zero-order chi connectivity index (χ0) is 18.5. The Bertz CT molecular complexity index is 870. The van der Waals surface area contributed by atoms with E-state index in [0.717, 1.165) is 16.7 Å². The fourth-order valence-electron chi connectivity index (χ4n) is 2.54. The molecule has 1 aromatic heterocycles. The number of aromatic nitrogens is 2. The molecule has 1 unspecified atom stereocenters. The average molecular weight is 352 g/mol. The molecule has 1 atom stereocenters. The molecule has 0 aliphatic heterocycles. The van der Waals surface area contributed by atoms with Gasteiger partial charge in [0.2, 0.25) is 5.89 Å². The molecule has 0 saturated carbocycles. The molecule has 0 saturated heterocycles. The second kappa shape index (κ2) is 7.82. The SMILES string of the molecule is Cc1cccc(C)c1OCC(=O)OC(C)c1nnc(-c2ccccc2)o1. The van der Waals surface area contributed by atoms with E-state index in [0.29, 0.717) is 11.6 Å². The van der Waals surface area contributed by atoms with E-state index in [9.17, 15) is 4.79 Å². The fraction of sp³-hybridized carbons (Fsp3) is 0.250. The summed E-state index contributed by atoms with van der Waals surface area (Å²) in [5.74, 6) is 0.820. The van der Waals surface area contributed by atoms with Crippen LogP contribution in [0.4, 0.5) is 0 Å². The molecule has 134 valence electrons. The molecule has 0 aliphatic rings. The molecule has 2 aromatic carbocycles. The second-order valence-electron chi connectivity index (χ2n) is 5.95. The van der Waals surface area contributed by atoms with Crippen molar-refractivity contribution in [2.24, 2.45) is 0 Å². The highest BCUT2D eigenvalue weighted by atomic mass is 16.6. The number of carbonyl (C=O) groups excluding carboxylic acids is 1. The number of hydrogen-bond donors (Lipinski definition) is 0. The van der Waals surface area contributed by atoms with Gasteiger partial charge in [0.05, 0.1) is 0 Å². The third kappa shape index (κ3) is 4.08. The molecule has 0 fully saturated rings. The number of benzene rings is 2. The number of ether oxygens (including phenoxy) is 2. The first-order valence-electron chi connectivity index (χ1n) is 8.32. The summed E-state index contributed by atoms with van der Waals surface area (Å²) in [6, 6.07) is 15.2. The summed E-state index contributed by atoms with van der Waals surface area (Å²) < 4.78 is 16.5. The Morgan fingerprint density at radius 1 is 1.04 bits per heavy atom. The van der Waals surface area contributed by atoms with Crippen molar-refractivity contribution in [3.05, 3.63) is 65.5 Å². The van der Waals surface area contributed by atoms with Gasteiger partial charge in [-0.25, -0.2) is 4.79 Å². The smallest absolute Gasteiger partial charge is 0.344 e. The Labute approximate surface area is 151 Å². The molecule has 0 spiro atoms. The van der Waals surface area contributed by atoms with E-state index in [-0.39, 0.29) is 12.5 Å². The summed E-state index contributed by atoms with van der Waals surface area (Å²) in [5.41, 5.74) is 2.74. The lowest BCUT2D eigenvalue weighted by Gasteiger charge is -2.13. The van der Waals surface area contributed by atoms with Crippen molar-refractivity contribution in [3.8, 4) is 17.2 Å². The van der Waals surface area contributed by atoms with Crippen molar-refractivity contribution < 1.29 is 18.7 Å². The number of rotatable bonds is 6. The Morgan fingerprint density at radius 3 is 2.42 bits per heavy atom. The number of carbonyl (C=O) groups is 1. The molecule has 0 radical (unpaired) electrons. The van der Waals surface area contributed by atoms with Gasteiger partial charge in [-0.15, -0.1) is 10.2 Å². The van der Waals surface area contributed by atoms with Crippen LogP contribution >= 0.6 is 0 Å². The van der Waals surface area contributed by atoms with Crippen molar-refractivity contribution in [1.29, 1.82) is 0 Å². The summed E-state index contributed by atoms with van der Waals surface area (Å²) >= 11 is 0. The summed E-state index contributed by atoms with van der Waals surface area (Å²) in [7, 11) is 0. The fourth-order valence-corrected chi connectivity index (χ4v) is 2.54. The molecular formula is C20H20N2O4. The number of para-hydroxylation sites is 1. The predicted octanol–water partition coefficient (Wildman–Crippen LogP) is 4.04. The van der Waals surface area contributed by atoms with Crippen LogP contribution in [-0.4, -0.2) is 22.8 Å². The quantitative estimate of drug-likeness (QED) is 0.623. The second-order valence-corrected chi connectivity index (χ2v) is 5.95. The van der Waals surface area contributed by atoms with Crippen molar-refractivity contribution in [2.45, 2.75) is 26.9 Å². The molecule has 3 rings (SSSR count). The monoisotopic (exact) mass is 352 g/mol. The van der Waals surface area contributed by atoms with E-state index < -0.39 is 12.1 Å². The molecular weight excluding hydrogens is 332 g/mol. The highest BCUT2D eigenvalue weighted by molar-refractivity contribution is 5.71. The van der Waals surface area contributed by atoms with Gasteiger partial charge in [-0.05, 0) is 44.0 Å². The standard InChI is InChI=1S/C20H20N2O4/c1-13-8-7-9-14(2)18(13)24-12-17(23)25-15(3)19-21-22-20(26-19)16-10-5-4-6-11-16/h4-11,15H,12H2,1-3H3. The Kier molecular flexibility index (Phi) is 5.31. The van der Waals surface area contributed by atoms with Crippen LogP contribution in [0.5, 0.6) is 5.75 Å². The number of hydrogen-bond acceptors (Lipinski definition) is 6. The van der Waals surface area contributed by atoms with E-state index in [4.69, 9.17) is 13.9 Å². The summed E-state index contributed by atoms with van der Waals surface area (Å²) in [6.07, 6.45) is -0.658. The first kappa shape index (κ1) is 17.7. The highest BCUT2D eigenvalue weighted by Crippen LogP contribution is 2.24. The Balaban J connectivity index is 1.59. The largest absolute Gasteiger partial charge is 0.481 e. The molecule has 0 bridgehead atoms. The van der Waals surface area contributed by atoms with Gasteiger partial charge in [0.15, 0.2) is 12.7 Å². The van der Waals surface area contributed by atoms with Crippen molar-refractivity contribution in [3.63, 3.8) is 0 Å². The molecule has 6 heteroatoms. The minimum absolute atomic E-state index is 0.185. The predicted molar refractivity (Wildman–Crippen MR) is 95.7 cm³/mol. The van der Waals surface area contributed by atoms with E-state index in [1.165, 1.54) is 0 Å². The van der Waals surface area contributed by atoms with E-state index in [2.05, 4.69) is 10.2 Å². The normalized spacial score (nSPS) is 11.8. The number of aryl methyl sites for hydroxylation is 2. The minimum atomic E-state index is -0.658. The van der Waals surface area contributed by atoms with Crippen molar-refractivity contribution in [1.82, 2.24) is 10.2 Å². The van der Waals surface area contributed by atoms with Gasteiger partial charge in [0.25, 0.3) is 5.89 Å². The number of nitrogens with zero attached hydrogens (tertiary/aromatic N) is 2. The van der Waals surface area contributed by atoms with E-state index >= 15 is 0 Å². The van der Waals surface area contributed by atoms with Gasteiger partial charge in [0, 0.05) is 5.56 Å². The van der Waals surface area contributed by atoms with E-state index in [1.807, 2.05) is 62.4 Å². The van der Waals surface area contributed by atoms with Crippen LogP contribution in [0.2, 0.25) is 0 Å². The maximum Gasteiger partial charge on any atom is 0.344 e. The maximum absolute atomic E-state index is 12.1. The third-order valence-electron chi connectivity index (χ3n) is 3.86. The molecule has 0 N–H and O–H groups in total. The van der Waals surface area contributed by atoms with Gasteiger partial charge in [-0.2, -0.15) is 0 Å². The first-order chi connectivity index (χ1) is 12.5. The van der Waals surface area contributed by atoms with Crippen LogP contribution in [0.3, 0.4) is 0 Å². The molecule has 3 aromatic rings. The van der Waals surface area contributed by atoms with Crippen molar-refractivity contribution in [2.75, 3.05) is 6.61 Å². The zero-order valence-electron chi connectivity index (χ0n) is 14.9. The average Bonchev–Trinajstić information content (AvgIpc) is 3.12. The molecule has 0 amide bonds. The topological polar surface area (TPSA) is 74.5 Å². The van der Waals surface area contributed by atoms with Gasteiger partial charge >= 0.3 is 5.97 Å². The highest BCUT2D eigenvalue weighted by Gasteiger charge is 2.19. The molecule has 6 nitrogen and oxygen atoms in total. The van der Waals surface area contributed by atoms with Crippen LogP contribution in [0, 0.1) is 13.8 Å². The lowest BCUT2D eigenvalue weighted by atomic mass is 10.1. The van der Waals surface area contributed by atoms with Gasteiger partial charge in [-0.3, -0.25) is 0 Å². The van der Waals surface area contributed by atoms with Crippen LogP contribution in [0.25, 0.3) is 11.5 Å². The van der Waals surface area contributed by atoms with E-state index in [1.54, 1.807) is 6.92 Å². The molecule has 26 heavy (non-hydrogen) atoms. The van der Waals surface area contributed by atoms with Crippen LogP contribution in [0.1, 0.15) is 30.0 Å². The van der Waals surface area contributed by atoms with Crippen LogP contribution in [-0.2, 0) is 9.53 Å². The maximum atomic E-state index is 12.1. The lowest BCUT2D eigenvalue weighted by molar-refractivity contribution is -0.152. The van der Waals surface area contributed by atoms with Crippen molar-refractivity contribution >= 4 is 5.97 Å². The van der Waals surface area contributed by atoms with Gasteiger partial charge in [-0.1, -0.05) is 36.4 Å². The molecule has 1 heterocycles. The van der Waals surface area contributed by atoms with Crippen LogP contribution < -0.4 is 4.74 Å². The van der Waals surface area contributed by atoms with Crippen LogP contribution in [0.15, 0.2) is 52.9 Å². The summed E-state index contributed by atoms with van der Waals surface area (Å²) in [4.78, 5) is 12.1. The Hall–Kier alpha value is -3.15. The zero-order valence-corrected chi connectivity index (χ0v) is 14.9. The van der Waals surface area contributed by atoms with Gasteiger partial charge in [0.1, 0.15) is 5.75 Å². The third-order valence-corrected chi connectivity index (χ3v) is 3.86. The lowest BCUT2D eigenvalue weighted by Crippen LogP contribution is -2.17. The minimum Gasteiger partial charge on any atom is -0.481 e. The van der Waals surface area contributed by atoms with Gasteiger partial charge < -0.3 is 13.9 Å². The molecule has 0 aliphatic carbocycles. The summed E-state index contributed by atoms with van der Waals surface area (Å²) in [6.45, 7) is 5.36. The summed E-state index contributed by atoms with van der Waals surface area (Å²) in [5, 5.41) is 7.95.